The zero-order chi connectivity index (χ0) is 14.0. The van der Waals surface area contributed by atoms with Gasteiger partial charge in [0, 0.05) is 3.57 Å². The Morgan fingerprint density at radius 3 is 2.53 bits per heavy atom. The third kappa shape index (κ3) is 3.28. The maximum atomic E-state index is 12.2. The molecule has 2 rings (SSSR count). The molecule has 0 heterocycles. The van der Waals surface area contributed by atoms with Crippen LogP contribution in [0, 0.1) is 17.4 Å². The van der Waals surface area contributed by atoms with E-state index < -0.39 is 0 Å². The smallest absolute Gasteiger partial charge is 0.256 e. The van der Waals surface area contributed by atoms with Crippen LogP contribution in [0.1, 0.15) is 21.5 Å². The van der Waals surface area contributed by atoms with Gasteiger partial charge >= 0.3 is 0 Å². The van der Waals surface area contributed by atoms with Crippen LogP contribution in [-0.2, 0) is 0 Å². The van der Waals surface area contributed by atoms with Crippen molar-refractivity contribution in [1.82, 2.24) is 0 Å². The van der Waals surface area contributed by atoms with Gasteiger partial charge in [-0.3, -0.25) is 4.79 Å². The van der Waals surface area contributed by atoms with E-state index in [9.17, 15) is 4.79 Å². The van der Waals surface area contributed by atoms with Crippen LogP contribution < -0.4 is 5.32 Å². The molecular weight excluding hydrogens is 373 g/mol. The number of anilines is 1. The molecular formula is C15H13ClINO. The number of aryl methyl sites for hydroxylation is 2. The average Bonchev–Trinajstić information content (AvgIpc) is 2.34. The number of hydrogen-bond acceptors (Lipinski definition) is 1. The molecule has 2 aromatic rings. The summed E-state index contributed by atoms with van der Waals surface area (Å²) < 4.78 is 0.915. The maximum absolute atomic E-state index is 12.2. The first-order valence-electron chi connectivity index (χ1n) is 5.81. The second-order valence-electron chi connectivity index (χ2n) is 4.37. The van der Waals surface area contributed by atoms with Crippen molar-refractivity contribution in [1.29, 1.82) is 0 Å². The van der Waals surface area contributed by atoms with Crippen LogP contribution in [0.2, 0.25) is 5.02 Å². The third-order valence-electron chi connectivity index (χ3n) is 2.79. The lowest BCUT2D eigenvalue weighted by Gasteiger charge is -2.12. The van der Waals surface area contributed by atoms with Crippen molar-refractivity contribution in [2.75, 3.05) is 5.32 Å². The largest absolute Gasteiger partial charge is 0.320 e. The van der Waals surface area contributed by atoms with Gasteiger partial charge in [0.05, 0.1) is 16.3 Å². The predicted molar refractivity (Wildman–Crippen MR) is 88.0 cm³/mol. The monoisotopic (exact) mass is 385 g/mol. The molecule has 0 aliphatic carbocycles. The zero-order valence-corrected chi connectivity index (χ0v) is 13.5. The van der Waals surface area contributed by atoms with Crippen LogP contribution in [0.4, 0.5) is 5.69 Å². The van der Waals surface area contributed by atoms with E-state index in [2.05, 4.69) is 27.9 Å². The minimum atomic E-state index is -0.140. The predicted octanol–water partition coefficient (Wildman–Crippen LogP) is 4.81. The second kappa shape index (κ2) is 5.92. The van der Waals surface area contributed by atoms with Gasteiger partial charge in [0.15, 0.2) is 0 Å². The zero-order valence-electron chi connectivity index (χ0n) is 10.6. The van der Waals surface area contributed by atoms with Crippen molar-refractivity contribution >= 4 is 45.8 Å². The Hall–Kier alpha value is -1.07. The topological polar surface area (TPSA) is 29.1 Å². The molecule has 0 radical (unpaired) electrons. The summed E-state index contributed by atoms with van der Waals surface area (Å²) in [6.45, 7) is 3.91. The highest BCUT2D eigenvalue weighted by molar-refractivity contribution is 14.1. The molecule has 1 amide bonds. The van der Waals surface area contributed by atoms with Crippen LogP contribution >= 0.6 is 34.2 Å². The van der Waals surface area contributed by atoms with Crippen LogP contribution in [0.15, 0.2) is 36.4 Å². The third-order valence-corrected chi connectivity index (χ3v) is 4.03. The van der Waals surface area contributed by atoms with Crippen LogP contribution in [0.25, 0.3) is 0 Å². The Morgan fingerprint density at radius 1 is 1.21 bits per heavy atom. The fraction of sp³-hybridized carbons (Fsp3) is 0.133. The highest BCUT2D eigenvalue weighted by atomic mass is 127. The Kier molecular flexibility index (Phi) is 4.47. The molecule has 19 heavy (non-hydrogen) atoms. The molecule has 0 aromatic heterocycles. The quantitative estimate of drug-likeness (QED) is 0.738. The molecule has 0 saturated carbocycles. The average molecular weight is 386 g/mol. The maximum Gasteiger partial charge on any atom is 0.256 e. The van der Waals surface area contributed by atoms with Gasteiger partial charge in [-0.05, 0) is 65.8 Å². The molecule has 0 saturated heterocycles. The van der Waals surface area contributed by atoms with Gasteiger partial charge in [-0.2, -0.15) is 0 Å². The number of amides is 1. The van der Waals surface area contributed by atoms with E-state index in [1.807, 2.05) is 44.2 Å². The Bertz CT molecular complexity index is 617. The van der Waals surface area contributed by atoms with E-state index >= 15 is 0 Å². The summed E-state index contributed by atoms with van der Waals surface area (Å²) in [5.41, 5.74) is 3.37. The summed E-state index contributed by atoms with van der Waals surface area (Å²) in [4.78, 5) is 12.2. The lowest BCUT2D eigenvalue weighted by Crippen LogP contribution is -2.14. The summed E-state index contributed by atoms with van der Waals surface area (Å²) in [6.07, 6.45) is 0. The van der Waals surface area contributed by atoms with E-state index in [1.54, 1.807) is 6.07 Å². The van der Waals surface area contributed by atoms with Crippen molar-refractivity contribution < 1.29 is 4.79 Å². The minimum absolute atomic E-state index is 0.140. The van der Waals surface area contributed by atoms with Gasteiger partial charge in [-0.15, -0.1) is 0 Å². The molecule has 98 valence electrons. The van der Waals surface area contributed by atoms with E-state index in [0.29, 0.717) is 16.3 Å². The number of benzene rings is 2. The van der Waals surface area contributed by atoms with Crippen LogP contribution in [-0.4, -0.2) is 5.91 Å². The summed E-state index contributed by atoms with van der Waals surface area (Å²) in [7, 11) is 0. The summed E-state index contributed by atoms with van der Waals surface area (Å²) >= 11 is 8.34. The van der Waals surface area contributed by atoms with Gasteiger partial charge in [-0.1, -0.05) is 29.8 Å². The van der Waals surface area contributed by atoms with Crippen molar-refractivity contribution in [3.8, 4) is 0 Å². The first-order valence-corrected chi connectivity index (χ1v) is 7.27. The van der Waals surface area contributed by atoms with Crippen molar-refractivity contribution in [2.24, 2.45) is 0 Å². The number of hydrogen-bond donors (Lipinski definition) is 1. The highest BCUT2D eigenvalue weighted by Gasteiger charge is 2.13. The fourth-order valence-electron chi connectivity index (χ4n) is 1.90. The molecule has 2 nitrogen and oxygen atoms in total. The Morgan fingerprint density at radius 2 is 1.89 bits per heavy atom. The van der Waals surface area contributed by atoms with Gasteiger partial charge in [0.1, 0.15) is 0 Å². The molecule has 0 aliphatic heterocycles. The van der Waals surface area contributed by atoms with Crippen molar-refractivity contribution in [2.45, 2.75) is 13.8 Å². The summed E-state index contributed by atoms with van der Waals surface area (Å²) in [5.74, 6) is -0.140. The second-order valence-corrected chi connectivity index (χ2v) is 5.94. The molecule has 0 aliphatic rings. The number of nitrogens with one attached hydrogen (secondary N) is 1. The standard InChI is InChI=1S/C15H13ClINO/c1-9-7-10(2)14(12(16)8-9)18-15(19)11-5-3-4-6-13(11)17/h3-8H,1-2H3,(H,18,19). The molecule has 4 heteroatoms. The lowest BCUT2D eigenvalue weighted by atomic mass is 10.1. The highest BCUT2D eigenvalue weighted by Crippen LogP contribution is 2.28. The molecule has 1 N–H and O–H groups in total. The van der Waals surface area contributed by atoms with Crippen LogP contribution in [0.3, 0.4) is 0 Å². The number of carbonyl (C=O) groups is 1. The van der Waals surface area contributed by atoms with E-state index in [-0.39, 0.29) is 5.91 Å². The Labute approximate surface area is 131 Å². The van der Waals surface area contributed by atoms with Crippen molar-refractivity contribution in [3.63, 3.8) is 0 Å². The van der Waals surface area contributed by atoms with E-state index in [1.165, 1.54) is 0 Å². The first-order chi connectivity index (χ1) is 8.99. The molecule has 0 fully saturated rings. The van der Waals surface area contributed by atoms with Gasteiger partial charge in [-0.25, -0.2) is 0 Å². The summed E-state index contributed by atoms with van der Waals surface area (Å²) in [6, 6.07) is 11.3. The molecule has 0 bridgehead atoms. The Balaban J connectivity index is 2.32. The van der Waals surface area contributed by atoms with E-state index in [0.717, 1.165) is 14.7 Å². The molecule has 0 unspecified atom stereocenters. The lowest BCUT2D eigenvalue weighted by molar-refractivity contribution is 0.102. The minimum Gasteiger partial charge on any atom is -0.320 e. The van der Waals surface area contributed by atoms with E-state index in [4.69, 9.17) is 11.6 Å². The molecule has 2 aromatic carbocycles. The molecule has 0 spiro atoms. The van der Waals surface area contributed by atoms with Crippen molar-refractivity contribution in [3.05, 3.63) is 61.7 Å². The van der Waals surface area contributed by atoms with Gasteiger partial charge in [0.25, 0.3) is 5.91 Å². The number of rotatable bonds is 2. The fourth-order valence-corrected chi connectivity index (χ4v) is 2.90. The first kappa shape index (κ1) is 14.3. The van der Waals surface area contributed by atoms with Gasteiger partial charge < -0.3 is 5.32 Å². The summed E-state index contributed by atoms with van der Waals surface area (Å²) in [5, 5.41) is 3.45. The van der Waals surface area contributed by atoms with Gasteiger partial charge in [0.2, 0.25) is 0 Å². The number of halogens is 2. The van der Waals surface area contributed by atoms with Crippen LogP contribution in [0.5, 0.6) is 0 Å². The SMILES string of the molecule is Cc1cc(C)c(NC(=O)c2ccccc2I)c(Cl)c1. The normalized spacial score (nSPS) is 10.3. The number of carbonyl (C=O) groups excluding carboxylic acids is 1. The molecule has 0 atom stereocenters.